The van der Waals surface area contributed by atoms with Gasteiger partial charge in [-0.15, -0.1) is 0 Å². The van der Waals surface area contributed by atoms with Gasteiger partial charge in [-0.3, -0.25) is 9.98 Å². The summed E-state index contributed by atoms with van der Waals surface area (Å²) in [6.45, 7) is 1.80. The summed E-state index contributed by atoms with van der Waals surface area (Å²) < 4.78 is 8.19. The first-order chi connectivity index (χ1) is 15.5. The number of benzene rings is 4. The number of phenols is 3. The Bertz CT molecular complexity index is 1310. The molecule has 0 heterocycles. The first kappa shape index (κ1) is 22.9. The van der Waals surface area contributed by atoms with E-state index in [-0.39, 0.29) is 17.2 Å². The SMILES string of the molecule is CC(=Nc1cccc2cccc(N=Cc3ccccc3O)c12)c1ccc(O)cc1O.[O]=[V]. The fourth-order valence-electron chi connectivity index (χ4n) is 3.31. The van der Waals surface area contributed by atoms with Crippen molar-refractivity contribution >= 4 is 34.1 Å². The van der Waals surface area contributed by atoms with Gasteiger partial charge in [-0.05, 0) is 48.7 Å². The van der Waals surface area contributed by atoms with E-state index >= 15 is 0 Å². The van der Waals surface area contributed by atoms with Gasteiger partial charge in [0.1, 0.15) is 17.2 Å². The summed E-state index contributed by atoms with van der Waals surface area (Å²) in [5.41, 5.74) is 3.21. The molecule has 0 aliphatic heterocycles. The Labute approximate surface area is 194 Å². The molecule has 4 rings (SSSR count). The molecule has 7 heteroatoms. The van der Waals surface area contributed by atoms with Crippen LogP contribution in [-0.4, -0.2) is 27.2 Å². The summed E-state index contributed by atoms with van der Waals surface area (Å²) in [6.07, 6.45) is 1.63. The molecule has 159 valence electrons. The standard InChI is InChI=1S/C25H20N2O3.O.V/c1-16(20-13-12-19(28)14-24(20)30)27-22-10-5-8-17-7-4-9-21(25(17)22)26-15-18-6-2-3-11-23(18)29;;/h2-15,28-30H,1H3;;. The summed E-state index contributed by atoms with van der Waals surface area (Å²) in [6, 6.07) is 23.0. The van der Waals surface area contributed by atoms with Crippen molar-refractivity contribution in [2.75, 3.05) is 0 Å². The molecule has 4 aromatic carbocycles. The van der Waals surface area contributed by atoms with Gasteiger partial charge in [-0.1, -0.05) is 36.4 Å². The second-order valence-corrected chi connectivity index (χ2v) is 6.87. The average Bonchev–Trinajstić information content (AvgIpc) is 2.80. The molecule has 3 N–H and O–H groups in total. The number of phenolic OH excluding ortho intramolecular Hbond substituents is 3. The second kappa shape index (κ2) is 10.5. The molecular weight excluding hydrogens is 443 g/mol. The van der Waals surface area contributed by atoms with Crippen molar-refractivity contribution < 1.29 is 36.4 Å². The molecule has 0 spiro atoms. The van der Waals surface area contributed by atoms with E-state index in [1.54, 1.807) is 37.4 Å². The quantitative estimate of drug-likeness (QED) is 0.337. The minimum absolute atomic E-state index is 0.00463. The molecule has 0 aliphatic rings. The van der Waals surface area contributed by atoms with E-state index < -0.39 is 0 Å². The monoisotopic (exact) mass is 463 g/mol. The number of aromatic hydroxyl groups is 3. The normalized spacial score (nSPS) is 11.3. The summed E-state index contributed by atoms with van der Waals surface area (Å²) in [5.74, 6) is 0.127. The van der Waals surface area contributed by atoms with Gasteiger partial charge < -0.3 is 15.3 Å². The predicted molar refractivity (Wildman–Crippen MR) is 122 cm³/mol. The zero-order valence-corrected chi connectivity index (χ0v) is 18.6. The maximum atomic E-state index is 10.2. The first-order valence-electron chi connectivity index (χ1n) is 9.62. The molecule has 0 unspecified atom stereocenters. The predicted octanol–water partition coefficient (Wildman–Crippen LogP) is 5.73. The van der Waals surface area contributed by atoms with Crippen LogP contribution in [0.25, 0.3) is 10.8 Å². The van der Waals surface area contributed by atoms with Gasteiger partial charge in [0.2, 0.25) is 0 Å². The van der Waals surface area contributed by atoms with E-state index in [0.717, 1.165) is 33.8 Å². The van der Waals surface area contributed by atoms with E-state index in [1.165, 1.54) is 12.1 Å². The molecule has 0 aliphatic carbocycles. The number of aliphatic imine (C=N–C) groups is 2. The number of rotatable bonds is 4. The summed E-state index contributed by atoms with van der Waals surface area (Å²) in [4.78, 5) is 9.33. The molecular formula is C25H20N2O4V. The van der Waals surface area contributed by atoms with Crippen molar-refractivity contribution in [2.45, 2.75) is 6.92 Å². The molecule has 0 aromatic heterocycles. The van der Waals surface area contributed by atoms with Crippen LogP contribution >= 0.6 is 0 Å². The van der Waals surface area contributed by atoms with E-state index in [2.05, 4.69) is 4.99 Å². The fraction of sp³-hybridized carbons (Fsp3) is 0.0400. The van der Waals surface area contributed by atoms with Crippen LogP contribution in [0.3, 0.4) is 0 Å². The van der Waals surface area contributed by atoms with Crippen LogP contribution in [-0.2, 0) is 21.0 Å². The van der Waals surface area contributed by atoms with Crippen molar-refractivity contribution in [1.29, 1.82) is 0 Å². The van der Waals surface area contributed by atoms with Crippen LogP contribution in [0.4, 0.5) is 11.4 Å². The van der Waals surface area contributed by atoms with Crippen LogP contribution < -0.4 is 0 Å². The Morgan fingerprint density at radius 3 is 2.19 bits per heavy atom. The summed E-state index contributed by atoms with van der Waals surface area (Å²) in [7, 11) is 0. The summed E-state index contributed by atoms with van der Waals surface area (Å²) >= 11 is 1.06. The van der Waals surface area contributed by atoms with Crippen molar-refractivity contribution in [2.24, 2.45) is 9.98 Å². The Morgan fingerprint density at radius 1 is 0.812 bits per heavy atom. The zero-order valence-electron chi connectivity index (χ0n) is 17.2. The van der Waals surface area contributed by atoms with Gasteiger partial charge in [-0.25, -0.2) is 0 Å². The molecule has 0 bridgehead atoms. The van der Waals surface area contributed by atoms with Crippen molar-refractivity contribution in [3.05, 3.63) is 90.0 Å². The van der Waals surface area contributed by atoms with Crippen molar-refractivity contribution in [3.63, 3.8) is 0 Å². The van der Waals surface area contributed by atoms with Crippen LogP contribution in [0, 0.1) is 0 Å². The Balaban J connectivity index is 0.00000141. The molecule has 0 saturated heterocycles. The van der Waals surface area contributed by atoms with Crippen LogP contribution in [0.5, 0.6) is 17.2 Å². The molecule has 0 atom stereocenters. The summed E-state index contributed by atoms with van der Waals surface area (Å²) in [5, 5.41) is 31.5. The van der Waals surface area contributed by atoms with E-state index in [0.29, 0.717) is 22.5 Å². The van der Waals surface area contributed by atoms with Gasteiger partial charge in [0.15, 0.2) is 0 Å². The second-order valence-electron chi connectivity index (χ2n) is 6.87. The van der Waals surface area contributed by atoms with Crippen LogP contribution in [0.2, 0.25) is 0 Å². The number of fused-ring (bicyclic) bond motifs is 1. The Hall–Kier alpha value is -3.74. The van der Waals surface area contributed by atoms with Crippen molar-refractivity contribution in [1.82, 2.24) is 0 Å². The minimum atomic E-state index is -0.0331. The topological polar surface area (TPSA) is 102 Å². The number of hydrogen-bond acceptors (Lipinski definition) is 6. The van der Waals surface area contributed by atoms with Crippen LogP contribution in [0.1, 0.15) is 18.1 Å². The van der Waals surface area contributed by atoms with E-state index in [4.69, 9.17) is 8.67 Å². The average molecular weight is 463 g/mol. The molecule has 6 nitrogen and oxygen atoms in total. The number of nitrogens with zero attached hydrogens (tertiary/aromatic N) is 2. The third-order valence-electron chi connectivity index (χ3n) is 4.80. The van der Waals surface area contributed by atoms with Gasteiger partial charge in [0, 0.05) is 34.5 Å². The van der Waals surface area contributed by atoms with Gasteiger partial charge in [0.25, 0.3) is 0 Å². The molecule has 0 radical (unpaired) electrons. The number of para-hydroxylation sites is 1. The molecule has 32 heavy (non-hydrogen) atoms. The first-order valence-corrected chi connectivity index (χ1v) is 10.2. The van der Waals surface area contributed by atoms with Crippen LogP contribution in [0.15, 0.2) is 88.8 Å². The molecule has 0 amide bonds. The maximum absolute atomic E-state index is 10.2. The molecule has 0 saturated carbocycles. The fourth-order valence-corrected chi connectivity index (χ4v) is 3.31. The third-order valence-corrected chi connectivity index (χ3v) is 4.80. The third kappa shape index (κ3) is 5.11. The van der Waals surface area contributed by atoms with Gasteiger partial charge >= 0.3 is 21.0 Å². The Kier molecular flexibility index (Phi) is 7.55. The molecule has 4 aromatic rings. The van der Waals surface area contributed by atoms with E-state index in [1.807, 2.05) is 42.5 Å². The van der Waals surface area contributed by atoms with Crippen molar-refractivity contribution in [3.8, 4) is 17.2 Å². The Morgan fingerprint density at radius 2 is 1.50 bits per heavy atom. The van der Waals surface area contributed by atoms with Gasteiger partial charge in [0.05, 0.1) is 11.4 Å². The zero-order chi connectivity index (χ0) is 23.1. The molecule has 0 fully saturated rings. The number of hydrogen-bond donors (Lipinski definition) is 3. The van der Waals surface area contributed by atoms with E-state index in [9.17, 15) is 15.3 Å². The van der Waals surface area contributed by atoms with Gasteiger partial charge in [-0.2, -0.15) is 0 Å².